The Bertz CT molecular complexity index is 696. The van der Waals surface area contributed by atoms with Gasteiger partial charge in [-0.15, -0.1) is 0 Å². The van der Waals surface area contributed by atoms with E-state index in [2.05, 4.69) is 10.3 Å². The summed E-state index contributed by atoms with van der Waals surface area (Å²) in [5.41, 5.74) is 0.929. The van der Waals surface area contributed by atoms with Crippen molar-refractivity contribution in [2.45, 2.75) is 38.9 Å². The van der Waals surface area contributed by atoms with Crippen LogP contribution >= 0.6 is 0 Å². The minimum absolute atomic E-state index is 0.0134. The summed E-state index contributed by atoms with van der Waals surface area (Å²) in [5, 5.41) is 2.88. The quantitative estimate of drug-likeness (QED) is 0.913. The van der Waals surface area contributed by atoms with Gasteiger partial charge in [-0.1, -0.05) is 6.07 Å². The molecule has 1 atom stereocenters. The summed E-state index contributed by atoms with van der Waals surface area (Å²) < 4.78 is 5.52. The molecule has 2 aromatic rings. The van der Waals surface area contributed by atoms with E-state index in [-0.39, 0.29) is 11.8 Å². The minimum Gasteiger partial charge on any atom is -0.464 e. The lowest BCUT2D eigenvalue weighted by Crippen LogP contribution is -2.44. The summed E-state index contributed by atoms with van der Waals surface area (Å²) in [6.45, 7) is 2.59. The first-order valence-electron chi connectivity index (χ1n) is 7.65. The second kappa shape index (κ2) is 6.64. The van der Waals surface area contributed by atoms with Crippen molar-refractivity contribution in [1.29, 1.82) is 0 Å². The molecule has 1 aliphatic heterocycles. The summed E-state index contributed by atoms with van der Waals surface area (Å²) in [7, 11) is 0. The van der Waals surface area contributed by atoms with Crippen LogP contribution in [0.25, 0.3) is 0 Å². The van der Waals surface area contributed by atoms with Gasteiger partial charge >= 0.3 is 0 Å². The standard InChI is InChI=1S/C17H19N3O3/c1-12-4-5-14(23-12)11-20-15(6-7-16(20)21)17(22)19-10-13-3-2-8-18-9-13/h2-5,8-9,15H,6-7,10-11H2,1H3,(H,19,22)/t15-/m1/s1. The zero-order chi connectivity index (χ0) is 16.2. The third-order valence-corrected chi connectivity index (χ3v) is 3.94. The van der Waals surface area contributed by atoms with Crippen molar-refractivity contribution in [1.82, 2.24) is 15.2 Å². The molecule has 2 aromatic heterocycles. The number of pyridine rings is 1. The van der Waals surface area contributed by atoms with Crippen LogP contribution in [0, 0.1) is 6.92 Å². The fraction of sp³-hybridized carbons (Fsp3) is 0.353. The lowest BCUT2D eigenvalue weighted by Gasteiger charge is -2.23. The maximum Gasteiger partial charge on any atom is 0.243 e. The second-order valence-corrected chi connectivity index (χ2v) is 5.67. The van der Waals surface area contributed by atoms with Crippen molar-refractivity contribution in [2.24, 2.45) is 0 Å². The Morgan fingerprint density at radius 2 is 2.30 bits per heavy atom. The number of amides is 2. The van der Waals surface area contributed by atoms with Gasteiger partial charge in [-0.05, 0) is 37.1 Å². The molecule has 0 aromatic carbocycles. The summed E-state index contributed by atoms with van der Waals surface area (Å²) in [4.78, 5) is 30.1. The highest BCUT2D eigenvalue weighted by molar-refractivity contribution is 5.90. The van der Waals surface area contributed by atoms with Gasteiger partial charge in [0.15, 0.2) is 0 Å². The fourth-order valence-electron chi connectivity index (χ4n) is 2.75. The van der Waals surface area contributed by atoms with Crippen molar-refractivity contribution in [3.05, 3.63) is 53.7 Å². The first kappa shape index (κ1) is 15.3. The number of likely N-dealkylation sites (tertiary alicyclic amines) is 1. The fourth-order valence-corrected chi connectivity index (χ4v) is 2.75. The number of hydrogen-bond acceptors (Lipinski definition) is 4. The van der Waals surface area contributed by atoms with Gasteiger partial charge in [0.2, 0.25) is 11.8 Å². The van der Waals surface area contributed by atoms with Crippen LogP contribution in [-0.4, -0.2) is 27.7 Å². The second-order valence-electron chi connectivity index (χ2n) is 5.67. The molecule has 0 aliphatic carbocycles. The lowest BCUT2D eigenvalue weighted by atomic mass is 10.2. The minimum atomic E-state index is -0.440. The number of aromatic nitrogens is 1. The normalized spacial score (nSPS) is 17.5. The van der Waals surface area contributed by atoms with Crippen LogP contribution in [0.15, 0.2) is 41.1 Å². The van der Waals surface area contributed by atoms with Crippen LogP contribution < -0.4 is 5.32 Å². The first-order chi connectivity index (χ1) is 11.1. The molecule has 6 heteroatoms. The summed E-state index contributed by atoms with van der Waals surface area (Å²) >= 11 is 0. The Labute approximate surface area is 134 Å². The predicted molar refractivity (Wildman–Crippen MR) is 83.1 cm³/mol. The van der Waals surface area contributed by atoms with E-state index in [1.807, 2.05) is 31.2 Å². The molecule has 1 aliphatic rings. The Morgan fingerprint density at radius 3 is 3.00 bits per heavy atom. The summed E-state index contributed by atoms with van der Waals surface area (Å²) in [6.07, 6.45) is 4.33. The number of rotatable bonds is 5. The topological polar surface area (TPSA) is 75.4 Å². The van der Waals surface area contributed by atoms with Gasteiger partial charge in [-0.2, -0.15) is 0 Å². The van der Waals surface area contributed by atoms with E-state index in [1.54, 1.807) is 17.3 Å². The van der Waals surface area contributed by atoms with E-state index in [4.69, 9.17) is 4.42 Å². The molecule has 3 heterocycles. The molecule has 0 spiro atoms. The maximum absolute atomic E-state index is 12.4. The van der Waals surface area contributed by atoms with Crippen molar-refractivity contribution in [3.63, 3.8) is 0 Å². The SMILES string of the molecule is Cc1ccc(CN2C(=O)CC[C@@H]2C(=O)NCc2cccnc2)o1. The van der Waals surface area contributed by atoms with E-state index < -0.39 is 6.04 Å². The molecule has 0 bridgehead atoms. The Hall–Kier alpha value is -2.63. The van der Waals surface area contributed by atoms with Gasteiger partial charge in [0.1, 0.15) is 17.6 Å². The van der Waals surface area contributed by atoms with E-state index >= 15 is 0 Å². The van der Waals surface area contributed by atoms with Crippen molar-refractivity contribution in [3.8, 4) is 0 Å². The number of aryl methyl sites for hydroxylation is 1. The van der Waals surface area contributed by atoms with Gasteiger partial charge < -0.3 is 14.6 Å². The third kappa shape index (κ3) is 3.59. The van der Waals surface area contributed by atoms with Crippen molar-refractivity contribution < 1.29 is 14.0 Å². The van der Waals surface area contributed by atoms with Gasteiger partial charge in [-0.3, -0.25) is 14.6 Å². The highest BCUT2D eigenvalue weighted by Crippen LogP contribution is 2.22. The van der Waals surface area contributed by atoms with Crippen LogP contribution in [0.1, 0.15) is 29.9 Å². The average molecular weight is 313 g/mol. The van der Waals surface area contributed by atoms with Crippen molar-refractivity contribution in [2.75, 3.05) is 0 Å². The molecular formula is C17H19N3O3. The molecule has 2 amide bonds. The zero-order valence-electron chi connectivity index (χ0n) is 13.0. The summed E-state index contributed by atoms with van der Waals surface area (Å²) in [5.74, 6) is 1.34. The number of nitrogens with zero attached hydrogens (tertiary/aromatic N) is 2. The highest BCUT2D eigenvalue weighted by Gasteiger charge is 2.36. The Kier molecular flexibility index (Phi) is 4.41. The molecule has 0 saturated carbocycles. The molecule has 23 heavy (non-hydrogen) atoms. The smallest absolute Gasteiger partial charge is 0.243 e. The molecule has 6 nitrogen and oxygen atoms in total. The van der Waals surface area contributed by atoms with Gasteiger partial charge in [-0.25, -0.2) is 0 Å². The van der Waals surface area contributed by atoms with E-state index in [1.165, 1.54) is 0 Å². The molecule has 1 N–H and O–H groups in total. The first-order valence-corrected chi connectivity index (χ1v) is 7.65. The van der Waals surface area contributed by atoms with Crippen LogP contribution in [0.2, 0.25) is 0 Å². The molecular weight excluding hydrogens is 294 g/mol. The molecule has 120 valence electrons. The lowest BCUT2D eigenvalue weighted by molar-refractivity contribution is -0.136. The van der Waals surface area contributed by atoms with E-state index in [9.17, 15) is 9.59 Å². The third-order valence-electron chi connectivity index (χ3n) is 3.94. The van der Waals surface area contributed by atoms with Crippen LogP contribution in [0.4, 0.5) is 0 Å². The molecule has 1 fully saturated rings. The Morgan fingerprint density at radius 1 is 1.43 bits per heavy atom. The zero-order valence-corrected chi connectivity index (χ0v) is 13.0. The van der Waals surface area contributed by atoms with E-state index in [0.29, 0.717) is 31.7 Å². The highest BCUT2D eigenvalue weighted by atomic mass is 16.3. The van der Waals surface area contributed by atoms with Gasteiger partial charge in [0.05, 0.1) is 6.54 Å². The van der Waals surface area contributed by atoms with Crippen molar-refractivity contribution >= 4 is 11.8 Å². The summed E-state index contributed by atoms with van der Waals surface area (Å²) in [6, 6.07) is 6.98. The van der Waals surface area contributed by atoms with E-state index in [0.717, 1.165) is 11.3 Å². The largest absolute Gasteiger partial charge is 0.464 e. The maximum atomic E-state index is 12.4. The monoisotopic (exact) mass is 313 g/mol. The number of furan rings is 1. The number of carbonyl (C=O) groups is 2. The van der Waals surface area contributed by atoms with Crippen LogP contribution in [-0.2, 0) is 22.7 Å². The number of nitrogens with one attached hydrogen (secondary N) is 1. The van der Waals surface area contributed by atoms with Crippen LogP contribution in [0.3, 0.4) is 0 Å². The Balaban J connectivity index is 1.62. The molecule has 0 unspecified atom stereocenters. The van der Waals surface area contributed by atoms with Crippen LogP contribution in [0.5, 0.6) is 0 Å². The predicted octanol–water partition coefficient (Wildman–Crippen LogP) is 1.79. The molecule has 1 saturated heterocycles. The van der Waals surface area contributed by atoms with Gasteiger partial charge in [0.25, 0.3) is 0 Å². The van der Waals surface area contributed by atoms with Gasteiger partial charge in [0, 0.05) is 25.4 Å². The molecule has 3 rings (SSSR count). The average Bonchev–Trinajstić information content (AvgIpc) is 3.13. The number of carbonyl (C=O) groups excluding carboxylic acids is 2. The molecule has 0 radical (unpaired) electrons. The number of hydrogen-bond donors (Lipinski definition) is 1.